The summed E-state index contributed by atoms with van der Waals surface area (Å²) in [6.45, 7) is 5.51. The second-order valence-electron chi connectivity index (χ2n) is 19.6. The third-order valence-corrected chi connectivity index (χ3v) is 18.3. The number of anilines is 1. The summed E-state index contributed by atoms with van der Waals surface area (Å²) in [4.78, 5) is 9.41. The van der Waals surface area contributed by atoms with Gasteiger partial charge in [-0.05, 0) is 110 Å². The summed E-state index contributed by atoms with van der Waals surface area (Å²) < 4.78 is 217. The molecule has 0 amide bonds. The summed E-state index contributed by atoms with van der Waals surface area (Å²) in [5.74, 6) is -1.82. The minimum Gasteiger partial charge on any atom is -0.748 e. The van der Waals surface area contributed by atoms with Crippen molar-refractivity contribution in [3.05, 3.63) is 95.7 Å². The van der Waals surface area contributed by atoms with Gasteiger partial charge in [-0.2, -0.15) is 4.58 Å². The van der Waals surface area contributed by atoms with Crippen LogP contribution in [0.5, 0.6) is 0 Å². The Morgan fingerprint density at radius 1 is 0.598 bits per heavy atom. The highest BCUT2D eigenvalue weighted by molar-refractivity contribution is 7.87. The largest absolute Gasteiger partial charge is 0.748 e. The third kappa shape index (κ3) is 16.2. The van der Waals surface area contributed by atoms with Gasteiger partial charge in [0, 0.05) is 79.4 Å². The fraction of sp³-hybridized carbons (Fsp3) is 0.472. The molecule has 0 fully saturated rings. The Hall–Kier alpha value is -5.09. The van der Waals surface area contributed by atoms with Gasteiger partial charge in [-0.1, -0.05) is 38.1 Å². The van der Waals surface area contributed by atoms with Crippen LogP contribution in [0.4, 0.5) is 11.4 Å². The number of unbranched alkanes of at least 4 members (excludes halogenated alkanes) is 2. The molecule has 0 bridgehead atoms. The number of fused-ring (bicyclic) bond motifs is 6. The first-order chi connectivity index (χ1) is 37.9. The number of nitrogens with zero attached hydrogens (tertiary/aromatic N) is 2. The SMILES string of the molecule is C.COCCOCCOCCOCCC1(C)\C(=C/C=C/C=C/C2=[N+](CCOC)c3ccc4c(S(=O)(=O)[O-])cc(S(=O)(=O)[O-])cc4c3C2(C)CCCS(=O)(=O)[O-])N(CCCCCC(=O)O)c2ccc3c(S(=O)(=O)[O-])cc(S(=O)(=O)[O-])cc3c21. The van der Waals surface area contributed by atoms with E-state index in [9.17, 15) is 74.8 Å². The number of hydrogen-bond acceptors (Lipinski definition) is 22. The van der Waals surface area contributed by atoms with Crippen molar-refractivity contribution in [1.82, 2.24) is 0 Å². The van der Waals surface area contributed by atoms with Crippen molar-refractivity contribution < 1.29 is 103 Å². The van der Waals surface area contributed by atoms with Crippen LogP contribution in [0.25, 0.3) is 21.5 Å². The van der Waals surface area contributed by atoms with E-state index in [2.05, 4.69) is 0 Å². The van der Waals surface area contributed by atoms with E-state index in [1.807, 2.05) is 4.90 Å². The Bertz CT molecular complexity index is 3730. The van der Waals surface area contributed by atoms with E-state index in [1.165, 1.54) is 25.3 Å². The van der Waals surface area contributed by atoms with Crippen LogP contribution in [0.1, 0.15) is 77.3 Å². The summed E-state index contributed by atoms with van der Waals surface area (Å²) in [6, 6.07) is 8.65. The molecule has 24 nitrogen and oxygen atoms in total. The molecule has 454 valence electrons. The van der Waals surface area contributed by atoms with E-state index in [0.717, 1.165) is 12.1 Å². The summed E-state index contributed by atoms with van der Waals surface area (Å²) in [5, 5.41) is 8.83. The van der Waals surface area contributed by atoms with Gasteiger partial charge in [-0.25, -0.2) is 42.1 Å². The van der Waals surface area contributed by atoms with Crippen molar-refractivity contribution in [3.8, 4) is 0 Å². The maximum atomic E-state index is 12.8. The predicted molar refractivity (Wildman–Crippen MR) is 295 cm³/mol. The molecule has 2 aliphatic rings. The average molecular weight is 1240 g/mol. The lowest BCUT2D eigenvalue weighted by Crippen LogP contribution is -2.32. The maximum Gasteiger partial charge on any atom is 0.303 e. The second-order valence-corrected chi connectivity index (χ2v) is 26.5. The molecular formula is C53H66N2O22S5-4. The zero-order valence-corrected chi connectivity index (χ0v) is 48.8. The lowest BCUT2D eigenvalue weighted by molar-refractivity contribution is -0.441. The van der Waals surface area contributed by atoms with Crippen LogP contribution in [0.2, 0.25) is 0 Å². The van der Waals surface area contributed by atoms with Crippen LogP contribution in [0.3, 0.4) is 0 Å². The number of carboxylic acids is 1. The minimum atomic E-state index is -5.41. The van der Waals surface area contributed by atoms with Crippen molar-refractivity contribution >= 4 is 95.2 Å². The number of carbonyl (C=O) groups is 1. The van der Waals surface area contributed by atoms with Crippen molar-refractivity contribution in [2.45, 2.75) is 96.6 Å². The van der Waals surface area contributed by atoms with Gasteiger partial charge in [0.1, 0.15) is 47.1 Å². The number of hydrogen-bond donors (Lipinski definition) is 1. The monoisotopic (exact) mass is 1240 g/mol. The number of rotatable bonds is 32. The molecule has 0 aliphatic carbocycles. The van der Waals surface area contributed by atoms with Gasteiger partial charge in [0.2, 0.25) is 5.69 Å². The van der Waals surface area contributed by atoms with Gasteiger partial charge in [0.25, 0.3) is 0 Å². The molecule has 82 heavy (non-hydrogen) atoms. The summed E-state index contributed by atoms with van der Waals surface area (Å²) in [6.07, 6.45) is 9.01. The van der Waals surface area contributed by atoms with E-state index >= 15 is 0 Å². The Kier molecular flexibility index (Phi) is 22.9. The van der Waals surface area contributed by atoms with E-state index in [-0.39, 0.29) is 106 Å². The zero-order valence-electron chi connectivity index (χ0n) is 44.7. The van der Waals surface area contributed by atoms with Crippen LogP contribution in [-0.2, 0) is 89.9 Å². The molecule has 6 rings (SSSR count). The highest BCUT2D eigenvalue weighted by atomic mass is 32.2. The predicted octanol–water partition coefficient (Wildman–Crippen LogP) is 5.08. The van der Waals surface area contributed by atoms with Crippen LogP contribution >= 0.6 is 0 Å². The standard InChI is InChI=1S/C52H66N2O22S5.CH4/c1-51(19-11-31-77(57,58)59)46(54(22-24-72-3)43-18-16-38-40(49(43)51)32-36(78(60,61)62)34-44(38)80(66,67)68)12-7-5-8-13-47-52(2,20-23-74-27-28-76-30-29-75-26-25-73-4)50-41-33-37(79(63,64)65)35-45(81(69,70)71)39(41)15-17-42(50)53(47)21-10-6-9-14-48(55)56;/h5,7-8,12-13,15-18,32-35H,6,9-11,14,19-31H2,1-4H3,(H5-,55,56,57,58,59,60,61,62,63,64,65,66,67,68,69,70,71);1H4/p-4. The summed E-state index contributed by atoms with van der Waals surface area (Å²) in [5.41, 5.74) is -0.331. The van der Waals surface area contributed by atoms with Crippen molar-refractivity contribution in [3.63, 3.8) is 0 Å². The molecule has 2 heterocycles. The molecule has 1 N–H and O–H groups in total. The van der Waals surface area contributed by atoms with Crippen molar-refractivity contribution in [1.29, 1.82) is 0 Å². The molecule has 0 radical (unpaired) electrons. The van der Waals surface area contributed by atoms with Gasteiger partial charge in [-0.3, -0.25) is 4.79 Å². The molecule has 0 spiro atoms. The summed E-state index contributed by atoms with van der Waals surface area (Å²) in [7, 11) is -23.4. The molecule has 4 aromatic carbocycles. The van der Waals surface area contributed by atoms with Crippen molar-refractivity contribution in [2.75, 3.05) is 90.8 Å². The van der Waals surface area contributed by atoms with E-state index in [0.29, 0.717) is 79.6 Å². The second kappa shape index (κ2) is 27.7. The smallest absolute Gasteiger partial charge is 0.303 e. The number of methoxy groups -OCH3 is 2. The molecule has 2 atom stereocenters. The van der Waals surface area contributed by atoms with E-state index in [1.54, 1.807) is 62.0 Å². The Balaban J connectivity index is 0.0000123. The van der Waals surface area contributed by atoms with Gasteiger partial charge in [-0.15, -0.1) is 0 Å². The lowest BCUT2D eigenvalue weighted by Gasteiger charge is -2.31. The van der Waals surface area contributed by atoms with Crippen LogP contribution in [-0.4, -0.2) is 172 Å². The lowest BCUT2D eigenvalue weighted by atomic mass is 9.74. The van der Waals surface area contributed by atoms with Crippen LogP contribution in [0, 0.1) is 0 Å². The molecule has 0 saturated carbocycles. The fourth-order valence-corrected chi connectivity index (χ4v) is 13.6. The van der Waals surface area contributed by atoms with Crippen molar-refractivity contribution in [2.24, 2.45) is 0 Å². The third-order valence-electron chi connectivity index (χ3n) is 14.1. The number of allylic oxidation sites excluding steroid dienone is 6. The Morgan fingerprint density at radius 2 is 1.13 bits per heavy atom. The summed E-state index contributed by atoms with van der Waals surface area (Å²) >= 11 is 0. The molecular weight excluding hydrogens is 1180 g/mol. The number of benzene rings is 4. The maximum absolute atomic E-state index is 12.8. The Labute approximate surface area is 478 Å². The van der Waals surface area contributed by atoms with E-state index in [4.69, 9.17) is 23.7 Å². The van der Waals surface area contributed by atoms with Gasteiger partial charge < -0.3 is 56.5 Å². The Morgan fingerprint density at radius 3 is 1.66 bits per heavy atom. The van der Waals surface area contributed by atoms with Gasteiger partial charge in [0.15, 0.2) is 12.3 Å². The van der Waals surface area contributed by atoms with Gasteiger partial charge in [0.05, 0.1) is 74.8 Å². The number of ether oxygens (including phenoxy) is 5. The first kappa shape index (κ1) is 67.7. The molecule has 0 saturated heterocycles. The van der Waals surface area contributed by atoms with E-state index < -0.39 is 92.7 Å². The number of aliphatic carboxylic acids is 1. The topological polar surface area (TPSA) is 376 Å². The first-order valence-corrected chi connectivity index (χ1v) is 32.5. The highest BCUT2D eigenvalue weighted by Gasteiger charge is 2.49. The minimum absolute atomic E-state index is 0. The highest BCUT2D eigenvalue weighted by Crippen LogP contribution is 2.54. The zero-order chi connectivity index (χ0) is 59.8. The molecule has 2 aliphatic heterocycles. The quantitative estimate of drug-likeness (QED) is 0.0288. The van der Waals surface area contributed by atoms with Crippen LogP contribution in [0.15, 0.2) is 104 Å². The normalized spacial score (nSPS) is 18.4. The average Bonchev–Trinajstić information content (AvgIpc) is 2.43. The molecule has 2 unspecified atom stereocenters. The molecule has 29 heteroatoms. The van der Waals surface area contributed by atoms with Crippen LogP contribution < -0.4 is 4.90 Å². The first-order valence-electron chi connectivity index (χ1n) is 25.3. The number of carboxylic acid groups (broad SMARTS) is 1. The molecule has 4 aromatic rings. The molecule has 0 aromatic heterocycles. The fourth-order valence-electron chi connectivity index (χ4n) is 10.5. The van der Waals surface area contributed by atoms with Gasteiger partial charge >= 0.3 is 5.97 Å².